The van der Waals surface area contributed by atoms with Crippen LogP contribution in [0.25, 0.3) is 0 Å². The molecule has 122 valence electrons. The fraction of sp³-hybridized carbons (Fsp3) is 0.278. The molecule has 5 nitrogen and oxygen atoms in total. The molecule has 0 aliphatic heterocycles. The normalized spacial score (nSPS) is 10.2. The highest BCUT2D eigenvalue weighted by molar-refractivity contribution is 5.88. The number of carbonyl (C=O) groups is 1. The molecule has 0 spiro atoms. The number of hydrogen-bond donors (Lipinski definition) is 1. The average molecular weight is 316 g/mol. The van der Waals surface area contributed by atoms with Crippen molar-refractivity contribution in [3.63, 3.8) is 0 Å². The first kappa shape index (κ1) is 16.7. The van der Waals surface area contributed by atoms with E-state index in [0.717, 1.165) is 11.3 Å². The predicted octanol–water partition coefficient (Wildman–Crippen LogP) is 3.47. The van der Waals surface area contributed by atoms with E-state index in [2.05, 4.69) is 6.07 Å². The Bertz CT molecular complexity index is 694. The van der Waals surface area contributed by atoms with Crippen molar-refractivity contribution in [3.05, 3.63) is 53.1 Å². The zero-order valence-electron chi connectivity index (χ0n) is 13.5. The minimum atomic E-state index is -1.01. The highest BCUT2D eigenvalue weighted by atomic mass is 16.5. The van der Waals surface area contributed by atoms with E-state index in [1.165, 1.54) is 24.8 Å². The van der Waals surface area contributed by atoms with Crippen LogP contribution in [0.3, 0.4) is 0 Å². The summed E-state index contributed by atoms with van der Waals surface area (Å²) in [6, 6.07) is 10.5. The third-order valence-electron chi connectivity index (χ3n) is 3.34. The first-order valence-corrected chi connectivity index (χ1v) is 7.25. The van der Waals surface area contributed by atoms with E-state index in [9.17, 15) is 4.79 Å². The van der Waals surface area contributed by atoms with Crippen molar-refractivity contribution in [2.75, 3.05) is 20.3 Å². The lowest BCUT2D eigenvalue weighted by molar-refractivity contribution is 0.0696. The van der Waals surface area contributed by atoms with Crippen LogP contribution in [0.4, 0.5) is 0 Å². The SMILES string of the molecule is COc1cc(C(=O)O)ccc1OCCOc1ccc(C)cc1C. The lowest BCUT2D eigenvalue weighted by atomic mass is 10.1. The number of carboxylic acids is 1. The van der Waals surface area contributed by atoms with Gasteiger partial charge in [0, 0.05) is 0 Å². The van der Waals surface area contributed by atoms with Crippen LogP contribution in [0, 0.1) is 13.8 Å². The van der Waals surface area contributed by atoms with Gasteiger partial charge in [0.2, 0.25) is 0 Å². The Kier molecular flexibility index (Phi) is 5.46. The predicted molar refractivity (Wildman–Crippen MR) is 86.9 cm³/mol. The fourth-order valence-electron chi connectivity index (χ4n) is 2.18. The zero-order valence-corrected chi connectivity index (χ0v) is 13.5. The Hall–Kier alpha value is -2.69. The standard InChI is InChI=1S/C18H20O5/c1-12-4-6-15(13(2)10-12)22-8-9-23-16-7-5-14(18(19)20)11-17(16)21-3/h4-7,10-11H,8-9H2,1-3H3,(H,19,20). The molecule has 0 amide bonds. The molecule has 0 unspecified atom stereocenters. The molecule has 0 aliphatic rings. The maximum absolute atomic E-state index is 10.9. The summed E-state index contributed by atoms with van der Waals surface area (Å²) >= 11 is 0. The van der Waals surface area contributed by atoms with Gasteiger partial charge in [-0.2, -0.15) is 0 Å². The first-order valence-electron chi connectivity index (χ1n) is 7.25. The average Bonchev–Trinajstić information content (AvgIpc) is 2.53. The summed E-state index contributed by atoms with van der Waals surface area (Å²) in [7, 11) is 1.47. The maximum atomic E-state index is 10.9. The quantitative estimate of drug-likeness (QED) is 0.792. The monoisotopic (exact) mass is 316 g/mol. The molecule has 0 saturated carbocycles. The van der Waals surface area contributed by atoms with Gasteiger partial charge in [0.1, 0.15) is 19.0 Å². The number of aryl methyl sites for hydroxylation is 2. The summed E-state index contributed by atoms with van der Waals surface area (Å²) in [4.78, 5) is 10.9. The van der Waals surface area contributed by atoms with Crippen LogP contribution < -0.4 is 14.2 Å². The van der Waals surface area contributed by atoms with Crippen molar-refractivity contribution in [1.29, 1.82) is 0 Å². The number of methoxy groups -OCH3 is 1. The number of carboxylic acid groups (broad SMARTS) is 1. The van der Waals surface area contributed by atoms with E-state index in [1.54, 1.807) is 6.07 Å². The molecular formula is C18H20O5. The summed E-state index contributed by atoms with van der Waals surface area (Å²) in [5.41, 5.74) is 2.42. The first-order chi connectivity index (χ1) is 11.0. The number of hydrogen-bond acceptors (Lipinski definition) is 4. The Morgan fingerprint density at radius 3 is 2.22 bits per heavy atom. The van der Waals surface area contributed by atoms with Crippen LogP contribution in [-0.2, 0) is 0 Å². The third-order valence-corrected chi connectivity index (χ3v) is 3.34. The topological polar surface area (TPSA) is 65.0 Å². The van der Waals surface area contributed by atoms with Crippen LogP contribution in [0.2, 0.25) is 0 Å². The zero-order chi connectivity index (χ0) is 16.8. The van der Waals surface area contributed by atoms with Gasteiger partial charge in [-0.1, -0.05) is 17.7 Å². The smallest absolute Gasteiger partial charge is 0.335 e. The van der Waals surface area contributed by atoms with Gasteiger partial charge in [0.05, 0.1) is 12.7 Å². The number of aromatic carboxylic acids is 1. The minimum Gasteiger partial charge on any atom is -0.493 e. The van der Waals surface area contributed by atoms with Crippen molar-refractivity contribution >= 4 is 5.97 Å². The van der Waals surface area contributed by atoms with E-state index in [0.29, 0.717) is 24.7 Å². The van der Waals surface area contributed by atoms with Gasteiger partial charge in [0.15, 0.2) is 11.5 Å². The van der Waals surface area contributed by atoms with Gasteiger partial charge in [0.25, 0.3) is 0 Å². The molecule has 0 fully saturated rings. The molecule has 0 saturated heterocycles. The van der Waals surface area contributed by atoms with E-state index >= 15 is 0 Å². The van der Waals surface area contributed by atoms with E-state index in [1.807, 2.05) is 26.0 Å². The van der Waals surface area contributed by atoms with Gasteiger partial charge in [-0.25, -0.2) is 4.79 Å². The van der Waals surface area contributed by atoms with Crippen molar-refractivity contribution in [2.45, 2.75) is 13.8 Å². The minimum absolute atomic E-state index is 0.153. The summed E-state index contributed by atoms with van der Waals surface area (Å²) in [6.07, 6.45) is 0. The van der Waals surface area contributed by atoms with Crippen molar-refractivity contribution < 1.29 is 24.1 Å². The summed E-state index contributed by atoms with van der Waals surface area (Å²) in [6.45, 7) is 4.74. The number of rotatable bonds is 7. The summed E-state index contributed by atoms with van der Waals surface area (Å²) in [5, 5.41) is 8.96. The van der Waals surface area contributed by atoms with Crippen LogP contribution in [0.5, 0.6) is 17.2 Å². The van der Waals surface area contributed by atoms with Crippen LogP contribution in [0.15, 0.2) is 36.4 Å². The molecule has 0 aliphatic carbocycles. The molecule has 0 heterocycles. The molecule has 5 heteroatoms. The molecule has 0 bridgehead atoms. The highest BCUT2D eigenvalue weighted by Crippen LogP contribution is 2.28. The van der Waals surface area contributed by atoms with Gasteiger partial charge >= 0.3 is 5.97 Å². The maximum Gasteiger partial charge on any atom is 0.335 e. The Morgan fingerprint density at radius 2 is 1.61 bits per heavy atom. The van der Waals surface area contributed by atoms with E-state index in [4.69, 9.17) is 19.3 Å². The third kappa shape index (κ3) is 4.39. The highest BCUT2D eigenvalue weighted by Gasteiger charge is 2.10. The molecule has 0 atom stereocenters. The fourth-order valence-corrected chi connectivity index (χ4v) is 2.18. The van der Waals surface area contributed by atoms with Crippen LogP contribution >= 0.6 is 0 Å². The van der Waals surface area contributed by atoms with E-state index in [-0.39, 0.29) is 5.56 Å². The second-order valence-electron chi connectivity index (χ2n) is 5.14. The second-order valence-corrected chi connectivity index (χ2v) is 5.14. The largest absolute Gasteiger partial charge is 0.493 e. The molecule has 23 heavy (non-hydrogen) atoms. The Morgan fingerprint density at radius 1 is 0.957 bits per heavy atom. The molecule has 2 rings (SSSR count). The Labute approximate surface area is 135 Å². The molecule has 0 aromatic heterocycles. The number of benzene rings is 2. The lowest BCUT2D eigenvalue weighted by Gasteiger charge is -2.13. The number of ether oxygens (including phenoxy) is 3. The molecule has 2 aromatic rings. The van der Waals surface area contributed by atoms with Crippen molar-refractivity contribution in [2.24, 2.45) is 0 Å². The lowest BCUT2D eigenvalue weighted by Crippen LogP contribution is -2.10. The molecular weight excluding hydrogens is 296 g/mol. The van der Waals surface area contributed by atoms with Crippen molar-refractivity contribution in [1.82, 2.24) is 0 Å². The van der Waals surface area contributed by atoms with Gasteiger partial charge in [-0.3, -0.25) is 0 Å². The van der Waals surface area contributed by atoms with Gasteiger partial charge in [-0.15, -0.1) is 0 Å². The van der Waals surface area contributed by atoms with Gasteiger partial charge < -0.3 is 19.3 Å². The molecule has 0 radical (unpaired) electrons. The van der Waals surface area contributed by atoms with Crippen molar-refractivity contribution in [3.8, 4) is 17.2 Å². The molecule has 2 aromatic carbocycles. The summed E-state index contributed by atoms with van der Waals surface area (Å²) < 4.78 is 16.4. The Balaban J connectivity index is 1.92. The van der Waals surface area contributed by atoms with Gasteiger partial charge in [-0.05, 0) is 43.7 Å². The summed E-state index contributed by atoms with van der Waals surface area (Å²) in [5.74, 6) is 0.693. The van der Waals surface area contributed by atoms with Crippen LogP contribution in [0.1, 0.15) is 21.5 Å². The van der Waals surface area contributed by atoms with E-state index < -0.39 is 5.97 Å². The van der Waals surface area contributed by atoms with Crippen LogP contribution in [-0.4, -0.2) is 31.4 Å². The molecule has 1 N–H and O–H groups in total. The second kappa shape index (κ2) is 7.54.